The second-order valence-corrected chi connectivity index (χ2v) is 8.73. The van der Waals surface area contributed by atoms with Crippen LogP contribution in [0.4, 0.5) is 29.0 Å². The van der Waals surface area contributed by atoms with Crippen LogP contribution in [0.25, 0.3) is 10.9 Å². The highest BCUT2D eigenvalue weighted by molar-refractivity contribution is 6.03. The molecule has 9 nitrogen and oxygen atoms in total. The number of hydrogen-bond donors (Lipinski definition) is 2. The Bertz CT molecular complexity index is 1610. The summed E-state index contributed by atoms with van der Waals surface area (Å²) in [5, 5.41) is 12.0. The molecule has 37 heavy (non-hydrogen) atoms. The highest BCUT2D eigenvalue weighted by atomic mass is 16.2. The van der Waals surface area contributed by atoms with Gasteiger partial charge in [0, 0.05) is 29.0 Å². The average molecular weight is 489 g/mol. The van der Waals surface area contributed by atoms with Gasteiger partial charge in [0.2, 0.25) is 17.8 Å². The summed E-state index contributed by atoms with van der Waals surface area (Å²) in [5.74, 6) is 0.706. The third-order valence-corrected chi connectivity index (χ3v) is 6.32. The van der Waals surface area contributed by atoms with Gasteiger partial charge in [0.25, 0.3) is 0 Å². The lowest BCUT2D eigenvalue weighted by atomic mass is 10.1. The molecule has 0 saturated heterocycles. The van der Waals surface area contributed by atoms with E-state index in [2.05, 4.69) is 49.4 Å². The van der Waals surface area contributed by atoms with E-state index in [1.807, 2.05) is 65.5 Å². The van der Waals surface area contributed by atoms with Crippen LogP contribution in [-0.2, 0) is 17.8 Å². The maximum atomic E-state index is 12.2. The van der Waals surface area contributed by atoms with Crippen molar-refractivity contribution in [2.75, 3.05) is 22.1 Å². The molecule has 0 saturated carbocycles. The number of rotatable bonds is 7. The zero-order valence-corrected chi connectivity index (χ0v) is 20.0. The Kier molecular flexibility index (Phi) is 5.78. The number of carbonyl (C=O) groups is 1. The molecule has 0 spiro atoms. The van der Waals surface area contributed by atoms with E-state index < -0.39 is 0 Å². The number of carbonyl (C=O) groups excluding carboxylic acids is 1. The van der Waals surface area contributed by atoms with Crippen molar-refractivity contribution in [3.05, 3.63) is 103 Å². The normalized spacial score (nSPS) is 12.4. The van der Waals surface area contributed by atoms with Gasteiger partial charge in [0.05, 0.1) is 18.3 Å². The van der Waals surface area contributed by atoms with Crippen molar-refractivity contribution in [1.29, 1.82) is 0 Å². The number of amides is 1. The lowest BCUT2D eigenvalue weighted by molar-refractivity contribution is -0.114. The van der Waals surface area contributed by atoms with Gasteiger partial charge in [0.1, 0.15) is 6.33 Å². The van der Waals surface area contributed by atoms with Crippen LogP contribution in [0.2, 0.25) is 0 Å². The molecule has 3 aromatic carbocycles. The quantitative estimate of drug-likeness (QED) is 0.316. The lowest BCUT2D eigenvalue weighted by Crippen LogP contribution is -2.26. The van der Waals surface area contributed by atoms with E-state index in [9.17, 15) is 4.79 Å². The van der Waals surface area contributed by atoms with Gasteiger partial charge >= 0.3 is 0 Å². The van der Waals surface area contributed by atoms with Gasteiger partial charge in [-0.25, -0.2) is 9.97 Å². The Hall–Kier alpha value is -5.05. The molecule has 0 bridgehead atoms. The van der Waals surface area contributed by atoms with E-state index in [4.69, 9.17) is 0 Å². The predicted octanol–water partition coefficient (Wildman–Crippen LogP) is 4.83. The number of benzene rings is 3. The molecule has 1 aliphatic rings. The maximum Gasteiger partial charge on any atom is 0.250 e. The molecule has 0 unspecified atom stereocenters. The Balaban J connectivity index is 1.18. The lowest BCUT2D eigenvalue weighted by Gasteiger charge is -2.16. The summed E-state index contributed by atoms with van der Waals surface area (Å²) in [4.78, 5) is 26.9. The zero-order valence-electron chi connectivity index (χ0n) is 20.0. The summed E-state index contributed by atoms with van der Waals surface area (Å²) in [5.41, 5.74) is 5.88. The third-order valence-electron chi connectivity index (χ3n) is 6.32. The third kappa shape index (κ3) is 4.62. The molecule has 2 aromatic heterocycles. The van der Waals surface area contributed by atoms with Crippen LogP contribution >= 0.6 is 0 Å². The van der Waals surface area contributed by atoms with Crippen molar-refractivity contribution in [2.45, 2.75) is 13.0 Å². The summed E-state index contributed by atoms with van der Waals surface area (Å²) in [6.07, 6.45) is 5.47. The van der Waals surface area contributed by atoms with Crippen LogP contribution in [0.5, 0.6) is 0 Å². The first-order valence-corrected chi connectivity index (χ1v) is 12.0. The first-order chi connectivity index (χ1) is 18.2. The number of anilines is 5. The van der Waals surface area contributed by atoms with Gasteiger partial charge < -0.3 is 15.5 Å². The molecule has 2 N–H and O–H groups in total. The van der Waals surface area contributed by atoms with Gasteiger partial charge in [-0.1, -0.05) is 43.0 Å². The standard InChI is InChI=1S/C28H24N8O/c1-2-26(37)35-13-12-20-8-9-23(15-25(20)35)33-28-30-18-29-27(34-28)32-22-10-11-24-21(14-22)16-31-36(24)17-19-6-4-3-5-7-19/h2-11,14-16,18H,1,12-13,17H2,(H2,29,30,32,33,34). The largest absolute Gasteiger partial charge is 0.324 e. The smallest absolute Gasteiger partial charge is 0.250 e. The molecule has 182 valence electrons. The van der Waals surface area contributed by atoms with Crippen molar-refractivity contribution < 1.29 is 4.79 Å². The van der Waals surface area contributed by atoms with Crippen molar-refractivity contribution in [3.63, 3.8) is 0 Å². The molecular weight excluding hydrogens is 464 g/mol. The summed E-state index contributed by atoms with van der Waals surface area (Å²) < 4.78 is 1.99. The molecule has 0 aliphatic carbocycles. The van der Waals surface area contributed by atoms with E-state index >= 15 is 0 Å². The topological polar surface area (TPSA) is 101 Å². The van der Waals surface area contributed by atoms with Crippen LogP contribution in [0.1, 0.15) is 11.1 Å². The van der Waals surface area contributed by atoms with Crippen LogP contribution in [-0.4, -0.2) is 37.2 Å². The fourth-order valence-corrected chi connectivity index (χ4v) is 4.52. The minimum atomic E-state index is -0.106. The number of aromatic nitrogens is 5. The molecule has 0 atom stereocenters. The number of nitrogens with zero attached hydrogens (tertiary/aromatic N) is 6. The van der Waals surface area contributed by atoms with Gasteiger partial charge in [-0.3, -0.25) is 9.48 Å². The molecule has 5 aromatic rings. The Morgan fingerprint density at radius 3 is 2.51 bits per heavy atom. The van der Waals surface area contributed by atoms with Gasteiger partial charge in [0.15, 0.2) is 0 Å². The monoisotopic (exact) mass is 488 g/mol. The molecule has 6 rings (SSSR count). The minimum absolute atomic E-state index is 0.106. The van der Waals surface area contributed by atoms with Crippen LogP contribution < -0.4 is 15.5 Å². The van der Waals surface area contributed by atoms with E-state index in [0.717, 1.165) is 39.9 Å². The summed E-state index contributed by atoms with van der Waals surface area (Å²) in [6, 6.07) is 22.2. The van der Waals surface area contributed by atoms with E-state index in [1.54, 1.807) is 4.90 Å². The van der Waals surface area contributed by atoms with Crippen molar-refractivity contribution in [3.8, 4) is 0 Å². The Labute approximate surface area is 213 Å². The van der Waals surface area contributed by atoms with Crippen molar-refractivity contribution in [1.82, 2.24) is 24.7 Å². The molecule has 0 radical (unpaired) electrons. The highest BCUT2D eigenvalue weighted by Crippen LogP contribution is 2.32. The predicted molar refractivity (Wildman–Crippen MR) is 144 cm³/mol. The number of hydrogen-bond acceptors (Lipinski definition) is 7. The van der Waals surface area contributed by atoms with Gasteiger partial charge in [-0.2, -0.15) is 10.1 Å². The van der Waals surface area contributed by atoms with Crippen LogP contribution in [0, 0.1) is 0 Å². The van der Waals surface area contributed by atoms with Crippen LogP contribution in [0.15, 0.2) is 91.9 Å². The van der Waals surface area contributed by atoms with Crippen molar-refractivity contribution in [2.24, 2.45) is 0 Å². The number of fused-ring (bicyclic) bond motifs is 2. The first-order valence-electron chi connectivity index (χ1n) is 12.0. The van der Waals surface area contributed by atoms with Gasteiger partial charge in [-0.15, -0.1) is 0 Å². The molecular formula is C28H24N8O. The molecule has 1 amide bonds. The molecule has 0 fully saturated rings. The molecule has 1 aliphatic heterocycles. The Morgan fingerprint density at radius 1 is 0.973 bits per heavy atom. The SMILES string of the molecule is C=CC(=O)N1CCc2ccc(Nc3ncnc(Nc4ccc5c(cnn5Cc5ccccc5)c4)n3)cc21. The minimum Gasteiger partial charge on any atom is -0.324 e. The zero-order chi connectivity index (χ0) is 25.2. The van der Waals surface area contributed by atoms with Gasteiger partial charge in [-0.05, 0) is 54.0 Å². The first kappa shape index (κ1) is 22.4. The fraction of sp³-hybridized carbons (Fsp3) is 0.107. The summed E-state index contributed by atoms with van der Waals surface area (Å²) in [6.45, 7) is 4.96. The summed E-state index contributed by atoms with van der Waals surface area (Å²) in [7, 11) is 0. The average Bonchev–Trinajstić information content (AvgIpc) is 3.53. The van der Waals surface area contributed by atoms with Crippen molar-refractivity contribution >= 4 is 45.8 Å². The molecule has 3 heterocycles. The number of nitrogens with one attached hydrogen (secondary N) is 2. The fourth-order valence-electron chi connectivity index (χ4n) is 4.52. The van der Waals surface area contributed by atoms with E-state index in [1.165, 1.54) is 18.0 Å². The Morgan fingerprint density at radius 2 is 1.73 bits per heavy atom. The highest BCUT2D eigenvalue weighted by Gasteiger charge is 2.23. The van der Waals surface area contributed by atoms with E-state index in [-0.39, 0.29) is 5.91 Å². The second-order valence-electron chi connectivity index (χ2n) is 8.73. The molecule has 9 heteroatoms. The second kappa shape index (κ2) is 9.54. The maximum absolute atomic E-state index is 12.2. The van der Waals surface area contributed by atoms with E-state index in [0.29, 0.717) is 25.0 Å². The van der Waals surface area contributed by atoms with Crippen LogP contribution in [0.3, 0.4) is 0 Å². The summed E-state index contributed by atoms with van der Waals surface area (Å²) >= 11 is 0.